The number of sulfonamides is 1. The third-order valence-electron chi connectivity index (χ3n) is 5.59. The van der Waals surface area contributed by atoms with Gasteiger partial charge in [-0.25, -0.2) is 8.42 Å². The summed E-state index contributed by atoms with van der Waals surface area (Å²) >= 11 is 5.99. The molecule has 0 aliphatic heterocycles. The van der Waals surface area contributed by atoms with E-state index in [-0.39, 0.29) is 18.0 Å². The summed E-state index contributed by atoms with van der Waals surface area (Å²) in [5.74, 6) is -0.404. The van der Waals surface area contributed by atoms with Gasteiger partial charge in [-0.2, -0.15) is 4.31 Å². The van der Waals surface area contributed by atoms with Gasteiger partial charge in [0.1, 0.15) is 0 Å². The minimum atomic E-state index is -3.95. The van der Waals surface area contributed by atoms with Crippen molar-refractivity contribution in [2.75, 3.05) is 11.9 Å². The van der Waals surface area contributed by atoms with Gasteiger partial charge in [0.2, 0.25) is 15.9 Å². The highest BCUT2D eigenvalue weighted by Gasteiger charge is 2.30. The van der Waals surface area contributed by atoms with Gasteiger partial charge in [-0.15, -0.1) is 0 Å². The number of halogens is 1. The van der Waals surface area contributed by atoms with E-state index in [9.17, 15) is 13.2 Å². The molecule has 0 heterocycles. The maximum absolute atomic E-state index is 13.8. The van der Waals surface area contributed by atoms with Gasteiger partial charge >= 0.3 is 0 Å². The van der Waals surface area contributed by atoms with Gasteiger partial charge in [-0.3, -0.25) is 4.79 Å². The van der Waals surface area contributed by atoms with Crippen LogP contribution >= 0.6 is 11.6 Å². The molecule has 3 aromatic rings. The van der Waals surface area contributed by atoms with Crippen LogP contribution in [-0.4, -0.2) is 25.2 Å². The fourth-order valence-corrected chi connectivity index (χ4v) is 5.82. The monoisotopic (exact) mass is 484 g/mol. The molecule has 5 nitrogen and oxygen atoms in total. The molecule has 3 aromatic carbocycles. The van der Waals surface area contributed by atoms with Crippen LogP contribution < -0.4 is 5.32 Å². The summed E-state index contributed by atoms with van der Waals surface area (Å²) in [5.41, 5.74) is 5.83. The highest BCUT2D eigenvalue weighted by Crippen LogP contribution is 2.27. The van der Waals surface area contributed by atoms with E-state index in [4.69, 9.17) is 11.6 Å². The van der Waals surface area contributed by atoms with E-state index in [1.165, 1.54) is 4.31 Å². The summed E-state index contributed by atoms with van der Waals surface area (Å²) in [6.45, 7) is 9.18. The third-order valence-corrected chi connectivity index (χ3v) is 7.94. The first-order valence-corrected chi connectivity index (χ1v) is 12.5. The van der Waals surface area contributed by atoms with Crippen molar-refractivity contribution in [1.82, 2.24) is 4.31 Å². The zero-order valence-corrected chi connectivity index (χ0v) is 21.1. The van der Waals surface area contributed by atoms with Gasteiger partial charge in [0.15, 0.2) is 0 Å². The van der Waals surface area contributed by atoms with Gasteiger partial charge in [-0.05, 0) is 86.7 Å². The Balaban J connectivity index is 1.95. The van der Waals surface area contributed by atoms with E-state index in [2.05, 4.69) is 5.32 Å². The number of carbonyl (C=O) groups excluding carboxylic acids is 1. The molecule has 1 N–H and O–H groups in total. The Bertz CT molecular complexity index is 1260. The lowest BCUT2D eigenvalue weighted by Gasteiger charge is -2.24. The third kappa shape index (κ3) is 6.02. The second kappa shape index (κ2) is 10.1. The number of carbonyl (C=O) groups is 1. The lowest BCUT2D eigenvalue weighted by atomic mass is 10.1. The Morgan fingerprint density at radius 3 is 2.03 bits per heavy atom. The molecule has 33 heavy (non-hydrogen) atoms. The fourth-order valence-electron chi connectivity index (χ4n) is 3.90. The van der Waals surface area contributed by atoms with Crippen LogP contribution in [0.5, 0.6) is 0 Å². The number of rotatable bonds is 7. The average molecular weight is 485 g/mol. The number of hydrogen-bond donors (Lipinski definition) is 1. The first-order valence-electron chi connectivity index (χ1n) is 10.7. The predicted octanol–water partition coefficient (Wildman–Crippen LogP) is 5.71. The van der Waals surface area contributed by atoms with E-state index >= 15 is 0 Å². The topological polar surface area (TPSA) is 66.5 Å². The number of aryl methyl sites for hydroxylation is 5. The smallest absolute Gasteiger partial charge is 0.244 e. The summed E-state index contributed by atoms with van der Waals surface area (Å²) < 4.78 is 28.7. The number of amides is 1. The van der Waals surface area contributed by atoms with Crippen molar-refractivity contribution in [3.8, 4) is 0 Å². The highest BCUT2D eigenvalue weighted by atomic mass is 35.5. The van der Waals surface area contributed by atoms with E-state index in [1.54, 1.807) is 38.1 Å². The van der Waals surface area contributed by atoms with E-state index < -0.39 is 15.9 Å². The average Bonchev–Trinajstić information content (AvgIpc) is 2.71. The second-order valence-corrected chi connectivity index (χ2v) is 10.8. The van der Waals surface area contributed by atoms with Crippen molar-refractivity contribution in [2.24, 2.45) is 0 Å². The molecule has 0 bridgehead atoms. The zero-order chi connectivity index (χ0) is 24.3. The molecule has 0 saturated carbocycles. The molecule has 0 saturated heterocycles. The fraction of sp³-hybridized carbons (Fsp3) is 0.269. The van der Waals surface area contributed by atoms with Crippen LogP contribution in [0.15, 0.2) is 59.5 Å². The molecule has 174 valence electrons. The molecule has 7 heteroatoms. The maximum Gasteiger partial charge on any atom is 0.244 e. The van der Waals surface area contributed by atoms with Gasteiger partial charge in [-0.1, -0.05) is 47.5 Å². The van der Waals surface area contributed by atoms with Gasteiger partial charge < -0.3 is 5.32 Å². The van der Waals surface area contributed by atoms with Crippen molar-refractivity contribution < 1.29 is 13.2 Å². The van der Waals surface area contributed by atoms with E-state index in [1.807, 2.05) is 51.1 Å². The Morgan fingerprint density at radius 1 is 0.848 bits per heavy atom. The minimum Gasteiger partial charge on any atom is -0.325 e. The molecule has 0 aliphatic rings. The van der Waals surface area contributed by atoms with Crippen LogP contribution in [0.2, 0.25) is 5.02 Å². The number of benzene rings is 3. The van der Waals surface area contributed by atoms with Crippen LogP contribution in [0, 0.1) is 34.6 Å². The standard InChI is InChI=1S/C26H29ClN2O3S/c1-17-12-20(4)26(21(5)13-17)33(31,32)29(15-22-7-9-23(27)10-8-22)16-25(30)28-24-11-6-18(2)19(3)14-24/h6-14H,15-16H2,1-5H3,(H,28,30). The number of anilines is 1. The molecular weight excluding hydrogens is 456 g/mol. The summed E-state index contributed by atoms with van der Waals surface area (Å²) in [6.07, 6.45) is 0. The molecule has 0 aromatic heterocycles. The summed E-state index contributed by atoms with van der Waals surface area (Å²) in [7, 11) is -3.95. The van der Waals surface area contributed by atoms with Crippen molar-refractivity contribution in [3.05, 3.63) is 93.0 Å². The Hall–Kier alpha value is -2.67. The summed E-state index contributed by atoms with van der Waals surface area (Å²) in [5, 5.41) is 3.39. The lowest BCUT2D eigenvalue weighted by molar-refractivity contribution is -0.116. The summed E-state index contributed by atoms with van der Waals surface area (Å²) in [4.78, 5) is 13.2. The minimum absolute atomic E-state index is 0.0482. The maximum atomic E-state index is 13.8. The lowest BCUT2D eigenvalue weighted by Crippen LogP contribution is -2.38. The number of nitrogens with zero attached hydrogens (tertiary/aromatic N) is 1. The molecule has 3 rings (SSSR count). The highest BCUT2D eigenvalue weighted by molar-refractivity contribution is 7.89. The Kier molecular flexibility index (Phi) is 7.62. The van der Waals surface area contributed by atoms with Gasteiger partial charge in [0, 0.05) is 17.3 Å². The first-order chi connectivity index (χ1) is 15.5. The van der Waals surface area contributed by atoms with E-state index in [0.717, 1.165) is 22.3 Å². The molecule has 0 spiro atoms. The van der Waals surface area contributed by atoms with E-state index in [0.29, 0.717) is 21.8 Å². The number of nitrogens with one attached hydrogen (secondary N) is 1. The second-order valence-electron chi connectivity index (χ2n) is 8.47. The van der Waals surface area contributed by atoms with Gasteiger partial charge in [0.25, 0.3) is 0 Å². The van der Waals surface area contributed by atoms with Crippen LogP contribution in [0.25, 0.3) is 0 Å². The molecule has 1 amide bonds. The normalized spacial score (nSPS) is 11.6. The Labute approximate surface area is 201 Å². The molecule has 0 atom stereocenters. The van der Waals surface area contributed by atoms with Crippen molar-refractivity contribution >= 4 is 33.2 Å². The van der Waals surface area contributed by atoms with Crippen LogP contribution in [0.3, 0.4) is 0 Å². The molecule has 0 fully saturated rings. The van der Waals surface area contributed by atoms with Crippen molar-refractivity contribution in [2.45, 2.75) is 46.1 Å². The van der Waals surface area contributed by atoms with Gasteiger partial charge in [0.05, 0.1) is 11.4 Å². The molecular formula is C26H29ClN2O3S. The number of hydrogen-bond acceptors (Lipinski definition) is 3. The first kappa shape index (κ1) is 25.0. The van der Waals surface area contributed by atoms with Crippen LogP contribution in [-0.2, 0) is 21.4 Å². The summed E-state index contributed by atoms with van der Waals surface area (Å²) in [6, 6.07) is 16.2. The van der Waals surface area contributed by atoms with Crippen LogP contribution in [0.1, 0.15) is 33.4 Å². The van der Waals surface area contributed by atoms with Crippen LogP contribution in [0.4, 0.5) is 5.69 Å². The Morgan fingerprint density at radius 2 is 1.45 bits per heavy atom. The van der Waals surface area contributed by atoms with Crippen molar-refractivity contribution in [3.63, 3.8) is 0 Å². The quantitative estimate of drug-likeness (QED) is 0.467. The SMILES string of the molecule is Cc1cc(C)c(S(=O)(=O)N(CC(=O)Nc2ccc(C)c(C)c2)Cc2ccc(Cl)cc2)c(C)c1. The van der Waals surface area contributed by atoms with Crippen molar-refractivity contribution in [1.29, 1.82) is 0 Å². The predicted molar refractivity (Wildman–Crippen MR) is 134 cm³/mol. The molecule has 0 radical (unpaired) electrons. The molecule has 0 unspecified atom stereocenters. The molecule has 0 aliphatic carbocycles. The largest absolute Gasteiger partial charge is 0.325 e. The zero-order valence-electron chi connectivity index (χ0n) is 19.6.